The number of amidine groups is 1. The van der Waals surface area contributed by atoms with Gasteiger partial charge in [-0.05, 0) is 37.6 Å². The highest BCUT2D eigenvalue weighted by atomic mass is 19.1. The Morgan fingerprint density at radius 3 is 2.62 bits per heavy atom. The Hall–Kier alpha value is -3.72. The molecule has 2 N–H and O–H groups in total. The highest BCUT2D eigenvalue weighted by molar-refractivity contribution is 5.78. The minimum absolute atomic E-state index is 0.0607. The molecule has 1 spiro atoms. The molecular formula is C25H24FN5O3. The second-order valence-corrected chi connectivity index (χ2v) is 9.37. The van der Waals surface area contributed by atoms with E-state index in [1.807, 2.05) is 38.1 Å². The molecule has 0 unspecified atom stereocenters. The maximum absolute atomic E-state index is 15.5. The molecule has 174 valence electrons. The van der Waals surface area contributed by atoms with E-state index in [1.54, 1.807) is 12.4 Å². The van der Waals surface area contributed by atoms with Gasteiger partial charge >= 0.3 is 0 Å². The number of fused-ring (bicyclic) bond motifs is 4. The van der Waals surface area contributed by atoms with Crippen molar-refractivity contribution in [2.75, 3.05) is 31.2 Å². The lowest BCUT2D eigenvalue weighted by Gasteiger charge is -2.40. The second-order valence-electron chi connectivity index (χ2n) is 9.37. The van der Waals surface area contributed by atoms with Gasteiger partial charge in [0.1, 0.15) is 18.7 Å². The zero-order chi connectivity index (χ0) is 23.5. The van der Waals surface area contributed by atoms with Crippen LogP contribution < -0.4 is 15.4 Å². The molecule has 3 aliphatic heterocycles. The van der Waals surface area contributed by atoms with Gasteiger partial charge in [0.2, 0.25) is 0 Å². The molecule has 0 aliphatic carbocycles. The molecule has 34 heavy (non-hydrogen) atoms. The van der Waals surface area contributed by atoms with Crippen molar-refractivity contribution in [1.29, 1.82) is 0 Å². The Morgan fingerprint density at radius 1 is 1.06 bits per heavy atom. The number of rotatable bonds is 2. The van der Waals surface area contributed by atoms with Crippen molar-refractivity contribution < 1.29 is 18.6 Å². The summed E-state index contributed by atoms with van der Waals surface area (Å²) >= 11 is 0. The average Bonchev–Trinajstić information content (AvgIpc) is 3.22. The molecule has 1 fully saturated rings. The van der Waals surface area contributed by atoms with Crippen LogP contribution in [0, 0.1) is 5.82 Å². The van der Waals surface area contributed by atoms with Gasteiger partial charge in [-0.3, -0.25) is 0 Å². The van der Waals surface area contributed by atoms with E-state index < -0.39 is 11.4 Å². The van der Waals surface area contributed by atoms with E-state index in [1.165, 1.54) is 12.4 Å². The van der Waals surface area contributed by atoms with Crippen molar-refractivity contribution >= 4 is 11.7 Å². The normalized spacial score (nSPS) is 22.4. The van der Waals surface area contributed by atoms with Crippen LogP contribution in [0.1, 0.15) is 25.0 Å². The van der Waals surface area contributed by atoms with E-state index in [2.05, 4.69) is 14.9 Å². The van der Waals surface area contributed by atoms with Crippen LogP contribution in [0.3, 0.4) is 0 Å². The summed E-state index contributed by atoms with van der Waals surface area (Å²) in [5, 5.41) is 0. The first-order valence-electron chi connectivity index (χ1n) is 11.1. The summed E-state index contributed by atoms with van der Waals surface area (Å²) in [4.78, 5) is 15.1. The van der Waals surface area contributed by atoms with E-state index in [0.29, 0.717) is 31.0 Å². The first kappa shape index (κ1) is 20.9. The van der Waals surface area contributed by atoms with E-state index >= 15 is 4.39 Å². The number of nitrogens with two attached hydrogens (primary N) is 1. The van der Waals surface area contributed by atoms with Crippen LogP contribution in [0.2, 0.25) is 0 Å². The number of benzene rings is 2. The molecule has 4 heterocycles. The van der Waals surface area contributed by atoms with Crippen LogP contribution in [0.4, 0.5) is 10.1 Å². The Balaban J connectivity index is 1.52. The van der Waals surface area contributed by atoms with Gasteiger partial charge < -0.3 is 24.8 Å². The van der Waals surface area contributed by atoms with Crippen molar-refractivity contribution in [1.82, 2.24) is 9.97 Å². The second kappa shape index (κ2) is 7.39. The molecular weight excluding hydrogens is 437 g/mol. The highest BCUT2D eigenvalue weighted by Crippen LogP contribution is 2.53. The summed E-state index contributed by atoms with van der Waals surface area (Å²) in [6.07, 6.45) is 4.95. The maximum Gasteiger partial charge on any atom is 0.283 e. The summed E-state index contributed by atoms with van der Waals surface area (Å²) in [5.74, 6) is 0.193. The third kappa shape index (κ3) is 3.27. The van der Waals surface area contributed by atoms with E-state index in [9.17, 15) is 0 Å². The number of hydrogen-bond donors (Lipinski definition) is 1. The predicted octanol–water partition coefficient (Wildman–Crippen LogP) is 3.59. The molecule has 0 saturated carbocycles. The van der Waals surface area contributed by atoms with E-state index in [0.717, 1.165) is 22.4 Å². The summed E-state index contributed by atoms with van der Waals surface area (Å²) in [7, 11) is 0. The van der Waals surface area contributed by atoms with Crippen LogP contribution in [0.5, 0.6) is 11.5 Å². The zero-order valence-electron chi connectivity index (χ0n) is 18.9. The summed E-state index contributed by atoms with van der Waals surface area (Å²) < 4.78 is 33.1. The fourth-order valence-electron chi connectivity index (χ4n) is 4.94. The van der Waals surface area contributed by atoms with Crippen molar-refractivity contribution in [2.24, 2.45) is 10.7 Å². The lowest BCUT2D eigenvalue weighted by Crippen LogP contribution is -2.48. The average molecular weight is 461 g/mol. The maximum atomic E-state index is 15.5. The molecule has 2 aromatic carbocycles. The Labute approximate surface area is 196 Å². The predicted molar refractivity (Wildman–Crippen MR) is 125 cm³/mol. The minimum atomic E-state index is -1.03. The minimum Gasteiger partial charge on any atom is -0.462 e. The number of aromatic nitrogens is 2. The number of halogens is 1. The standard InChI is InChI=1S/C25H24FN5O3/c1-24(2)12-31(5-6-33-24)17-8-19-22(20(26)9-17)34-21-4-3-15(16-10-28-14-29-11-16)7-18(21)25(19)13-32-23(27)30-25/h3-4,7-11,14H,5-6,12-13H2,1-2H3,(H2,27,30)/t25-/m0/s1. The number of anilines is 1. The quantitative estimate of drug-likeness (QED) is 0.623. The van der Waals surface area contributed by atoms with Crippen molar-refractivity contribution in [3.05, 3.63) is 66.0 Å². The topological polar surface area (TPSA) is 95.1 Å². The number of ether oxygens (including phenoxy) is 3. The van der Waals surface area contributed by atoms with Crippen LogP contribution in [0.15, 0.2) is 54.0 Å². The number of hydrogen-bond acceptors (Lipinski definition) is 8. The van der Waals surface area contributed by atoms with E-state index in [-0.39, 0.29) is 24.0 Å². The molecule has 3 aliphatic rings. The molecule has 0 bridgehead atoms. The molecule has 0 radical (unpaired) electrons. The highest BCUT2D eigenvalue weighted by Gasteiger charge is 2.48. The van der Waals surface area contributed by atoms with Crippen molar-refractivity contribution in [2.45, 2.75) is 25.0 Å². The monoisotopic (exact) mass is 461 g/mol. The largest absolute Gasteiger partial charge is 0.462 e. The summed E-state index contributed by atoms with van der Waals surface area (Å²) in [6.45, 7) is 6.06. The first-order valence-corrected chi connectivity index (χ1v) is 11.1. The molecule has 0 amide bonds. The lowest BCUT2D eigenvalue weighted by molar-refractivity contribution is -0.0277. The molecule has 1 saturated heterocycles. The SMILES string of the molecule is CC1(C)CN(c2cc(F)c3c(c2)[C@]2(COC(N)=N2)c2cc(-c4cncnc4)ccc2O3)CCO1. The van der Waals surface area contributed by atoms with Gasteiger partial charge in [0.05, 0.1) is 12.2 Å². The number of aliphatic imine (C=N–C) groups is 1. The molecule has 3 aromatic rings. The van der Waals surface area contributed by atoms with Crippen LogP contribution in [0.25, 0.3) is 11.1 Å². The number of nitrogens with zero attached hydrogens (tertiary/aromatic N) is 4. The molecule has 6 rings (SSSR count). The third-order valence-corrected chi connectivity index (χ3v) is 6.53. The summed E-state index contributed by atoms with van der Waals surface area (Å²) in [6, 6.07) is 9.17. The Kier molecular flexibility index (Phi) is 4.54. The summed E-state index contributed by atoms with van der Waals surface area (Å²) in [5.41, 5.74) is 8.45. The van der Waals surface area contributed by atoms with Gasteiger partial charge in [-0.1, -0.05) is 6.07 Å². The van der Waals surface area contributed by atoms with Gasteiger partial charge in [0.25, 0.3) is 6.02 Å². The Morgan fingerprint density at radius 2 is 1.88 bits per heavy atom. The van der Waals surface area contributed by atoms with Gasteiger partial charge in [0, 0.05) is 53.9 Å². The first-order chi connectivity index (χ1) is 16.3. The lowest BCUT2D eigenvalue weighted by atomic mass is 9.80. The molecule has 1 atom stereocenters. The van der Waals surface area contributed by atoms with Crippen molar-refractivity contribution in [3.63, 3.8) is 0 Å². The van der Waals surface area contributed by atoms with Gasteiger partial charge in [0.15, 0.2) is 17.1 Å². The molecule has 1 aromatic heterocycles. The van der Waals surface area contributed by atoms with Crippen molar-refractivity contribution in [3.8, 4) is 22.6 Å². The smallest absolute Gasteiger partial charge is 0.283 e. The number of morpholine rings is 1. The van der Waals surface area contributed by atoms with Gasteiger partial charge in [-0.2, -0.15) is 0 Å². The van der Waals surface area contributed by atoms with Crippen LogP contribution in [-0.2, 0) is 15.0 Å². The Bertz CT molecular complexity index is 1310. The van der Waals surface area contributed by atoms with Gasteiger partial charge in [-0.25, -0.2) is 19.4 Å². The van der Waals surface area contributed by atoms with Crippen LogP contribution >= 0.6 is 0 Å². The zero-order valence-corrected chi connectivity index (χ0v) is 18.9. The van der Waals surface area contributed by atoms with Gasteiger partial charge in [-0.15, -0.1) is 0 Å². The fraction of sp³-hybridized carbons (Fsp3) is 0.320. The molecule has 8 nitrogen and oxygen atoms in total. The van der Waals surface area contributed by atoms with Crippen LogP contribution in [-0.4, -0.2) is 47.9 Å². The third-order valence-electron chi connectivity index (χ3n) is 6.53. The molecule has 9 heteroatoms. The fourth-order valence-corrected chi connectivity index (χ4v) is 4.94. The van der Waals surface area contributed by atoms with E-state index in [4.69, 9.17) is 24.9 Å².